The van der Waals surface area contributed by atoms with Crippen molar-refractivity contribution >= 4 is 0 Å². The highest BCUT2D eigenvalue weighted by molar-refractivity contribution is 5.30. The van der Waals surface area contributed by atoms with E-state index in [0.717, 1.165) is 4.57 Å². The molecule has 0 aromatic carbocycles. The van der Waals surface area contributed by atoms with Crippen molar-refractivity contribution in [3.05, 3.63) is 33.2 Å². The summed E-state index contributed by atoms with van der Waals surface area (Å²) in [6.45, 7) is 4.11. The zero-order chi connectivity index (χ0) is 15.7. The van der Waals surface area contributed by atoms with Gasteiger partial charge in [0.15, 0.2) is 0 Å². The van der Waals surface area contributed by atoms with Crippen LogP contribution >= 0.6 is 0 Å². The first-order valence-corrected chi connectivity index (χ1v) is 6.50. The third-order valence-corrected chi connectivity index (χ3v) is 3.24. The summed E-state index contributed by atoms with van der Waals surface area (Å²) in [5.74, 6) is -0.103. The van der Waals surface area contributed by atoms with Crippen LogP contribution in [0.5, 0.6) is 0 Å². The minimum absolute atomic E-state index is 0.103. The molecule has 0 saturated heterocycles. The van der Waals surface area contributed by atoms with Crippen LogP contribution < -0.4 is 5.56 Å². The summed E-state index contributed by atoms with van der Waals surface area (Å²) < 4.78 is 40.3. The van der Waals surface area contributed by atoms with Gasteiger partial charge in [0.05, 0.1) is 0 Å². The molecule has 0 aliphatic heterocycles. The summed E-state index contributed by atoms with van der Waals surface area (Å²) >= 11 is 0. The van der Waals surface area contributed by atoms with Crippen LogP contribution in [0.25, 0.3) is 0 Å². The van der Waals surface area contributed by atoms with Crippen molar-refractivity contribution in [2.45, 2.75) is 32.4 Å². The fourth-order valence-corrected chi connectivity index (χ4v) is 2.15. The Morgan fingerprint density at radius 1 is 1.30 bits per heavy atom. The van der Waals surface area contributed by atoms with E-state index in [-0.39, 0.29) is 17.9 Å². The average molecular weight is 290 g/mol. The summed E-state index contributed by atoms with van der Waals surface area (Å²) in [5.41, 5.74) is -0.805. The third-order valence-electron chi connectivity index (χ3n) is 3.24. The number of pyridine rings is 1. The predicted octanol–water partition coefficient (Wildman–Crippen LogP) is 2.63. The van der Waals surface area contributed by atoms with Crippen molar-refractivity contribution in [2.75, 3.05) is 20.6 Å². The Labute approximate surface area is 117 Å². The van der Waals surface area contributed by atoms with E-state index in [1.54, 1.807) is 27.9 Å². The van der Waals surface area contributed by atoms with Crippen LogP contribution in [-0.4, -0.2) is 30.1 Å². The highest BCUT2D eigenvalue weighted by Crippen LogP contribution is 2.32. The number of aromatic nitrogens is 1. The summed E-state index contributed by atoms with van der Waals surface area (Å²) in [4.78, 5) is 13.8. The number of rotatable bonds is 4. The molecule has 1 heterocycles. The molecule has 0 radical (unpaired) electrons. The maximum atomic E-state index is 13.2. The lowest BCUT2D eigenvalue weighted by Gasteiger charge is -2.20. The second-order valence-electron chi connectivity index (χ2n) is 5.54. The number of likely N-dealkylation sites (N-methyl/N-ethyl adjacent to an activating group) is 1. The van der Waals surface area contributed by atoms with Crippen molar-refractivity contribution in [1.29, 1.82) is 0 Å². The molecule has 20 heavy (non-hydrogen) atoms. The molecule has 3 nitrogen and oxygen atoms in total. The van der Waals surface area contributed by atoms with E-state index in [9.17, 15) is 18.0 Å². The zero-order valence-corrected chi connectivity index (χ0v) is 12.5. The number of halogens is 3. The van der Waals surface area contributed by atoms with Crippen LogP contribution in [0.3, 0.4) is 0 Å². The second kappa shape index (κ2) is 5.99. The van der Waals surface area contributed by atoms with Gasteiger partial charge >= 0.3 is 6.18 Å². The first-order chi connectivity index (χ1) is 9.05. The molecule has 0 unspecified atom stereocenters. The van der Waals surface area contributed by atoms with E-state index in [0.29, 0.717) is 12.1 Å². The minimum Gasteiger partial charge on any atom is -0.309 e. The topological polar surface area (TPSA) is 25.2 Å². The van der Waals surface area contributed by atoms with Gasteiger partial charge in [-0.2, -0.15) is 13.2 Å². The van der Waals surface area contributed by atoms with E-state index >= 15 is 0 Å². The van der Waals surface area contributed by atoms with Gasteiger partial charge in [-0.05, 0) is 38.1 Å². The van der Waals surface area contributed by atoms with E-state index in [4.69, 9.17) is 0 Å². The molecule has 6 heteroatoms. The van der Waals surface area contributed by atoms with Gasteiger partial charge in [-0.1, -0.05) is 13.8 Å². The normalized spacial score (nSPS) is 12.5. The van der Waals surface area contributed by atoms with Crippen LogP contribution in [0.2, 0.25) is 0 Å². The molecule has 1 rings (SSSR count). The molecule has 0 bridgehead atoms. The van der Waals surface area contributed by atoms with Crippen molar-refractivity contribution in [3.8, 4) is 0 Å². The number of alkyl halides is 3. The SMILES string of the molecule is CC(C)c1cc(CCN(C)C)c(C(F)(F)F)n(C)c1=O. The Hall–Kier alpha value is -1.30. The molecule has 114 valence electrons. The Morgan fingerprint density at radius 2 is 1.85 bits per heavy atom. The molecule has 0 spiro atoms. The van der Waals surface area contributed by atoms with Gasteiger partial charge in [0, 0.05) is 19.2 Å². The maximum Gasteiger partial charge on any atom is 0.431 e. The Morgan fingerprint density at radius 3 is 2.25 bits per heavy atom. The predicted molar refractivity (Wildman–Crippen MR) is 73.0 cm³/mol. The van der Waals surface area contributed by atoms with Gasteiger partial charge in [0.1, 0.15) is 5.69 Å². The molecule has 0 aliphatic carbocycles. The van der Waals surface area contributed by atoms with Gasteiger partial charge < -0.3 is 9.47 Å². The van der Waals surface area contributed by atoms with Gasteiger partial charge in [0.25, 0.3) is 5.56 Å². The van der Waals surface area contributed by atoms with Gasteiger partial charge in [-0.25, -0.2) is 0 Å². The zero-order valence-electron chi connectivity index (χ0n) is 12.5. The molecule has 0 saturated carbocycles. The first-order valence-electron chi connectivity index (χ1n) is 6.50. The number of hydrogen-bond donors (Lipinski definition) is 0. The number of nitrogens with zero attached hydrogens (tertiary/aromatic N) is 2. The highest BCUT2D eigenvalue weighted by atomic mass is 19.4. The lowest BCUT2D eigenvalue weighted by atomic mass is 9.99. The first kappa shape index (κ1) is 16.8. The highest BCUT2D eigenvalue weighted by Gasteiger charge is 2.37. The van der Waals surface area contributed by atoms with E-state index in [1.165, 1.54) is 13.1 Å². The van der Waals surface area contributed by atoms with Crippen LogP contribution in [-0.2, 0) is 19.6 Å². The Balaban J connectivity index is 3.48. The maximum absolute atomic E-state index is 13.2. The Bertz CT molecular complexity index is 530. The third kappa shape index (κ3) is 3.62. The van der Waals surface area contributed by atoms with Crippen LogP contribution in [0, 0.1) is 0 Å². The monoisotopic (exact) mass is 290 g/mol. The quantitative estimate of drug-likeness (QED) is 0.851. The standard InChI is InChI=1S/C14H21F3N2O/c1-9(2)11-8-10(6-7-18(3)4)12(14(15,16)17)19(5)13(11)20/h8-9H,6-7H2,1-5H3. The van der Waals surface area contributed by atoms with Crippen LogP contribution in [0.4, 0.5) is 13.2 Å². The number of hydrogen-bond acceptors (Lipinski definition) is 2. The summed E-state index contributed by atoms with van der Waals surface area (Å²) in [6.07, 6.45) is -4.26. The molecule has 0 atom stereocenters. The van der Waals surface area contributed by atoms with E-state index in [1.807, 2.05) is 4.90 Å². The smallest absolute Gasteiger partial charge is 0.309 e. The van der Waals surface area contributed by atoms with Crippen molar-refractivity contribution in [2.24, 2.45) is 7.05 Å². The fourth-order valence-electron chi connectivity index (χ4n) is 2.15. The molecule has 0 N–H and O–H groups in total. The van der Waals surface area contributed by atoms with Gasteiger partial charge in [-0.3, -0.25) is 4.79 Å². The van der Waals surface area contributed by atoms with Crippen LogP contribution in [0.1, 0.15) is 36.6 Å². The van der Waals surface area contributed by atoms with Crippen molar-refractivity contribution in [1.82, 2.24) is 9.47 Å². The lowest BCUT2D eigenvalue weighted by Crippen LogP contribution is -2.31. The minimum atomic E-state index is -4.52. The summed E-state index contributed by atoms with van der Waals surface area (Å²) in [6, 6.07) is 1.42. The van der Waals surface area contributed by atoms with Crippen LogP contribution in [0.15, 0.2) is 10.9 Å². The molecular weight excluding hydrogens is 269 g/mol. The largest absolute Gasteiger partial charge is 0.431 e. The molecule has 0 fully saturated rings. The second-order valence-corrected chi connectivity index (χ2v) is 5.54. The molecule has 0 aliphatic rings. The molecule has 1 aromatic heterocycles. The van der Waals surface area contributed by atoms with Crippen molar-refractivity contribution < 1.29 is 13.2 Å². The van der Waals surface area contributed by atoms with E-state index < -0.39 is 17.4 Å². The van der Waals surface area contributed by atoms with Gasteiger partial charge in [0.2, 0.25) is 0 Å². The molecule has 1 aromatic rings. The summed E-state index contributed by atoms with van der Waals surface area (Å²) in [7, 11) is 4.80. The van der Waals surface area contributed by atoms with Crippen molar-refractivity contribution in [3.63, 3.8) is 0 Å². The summed E-state index contributed by atoms with van der Waals surface area (Å²) in [5, 5.41) is 0. The average Bonchev–Trinajstić information content (AvgIpc) is 2.27. The lowest BCUT2D eigenvalue weighted by molar-refractivity contribution is -0.144. The van der Waals surface area contributed by atoms with E-state index in [2.05, 4.69) is 0 Å². The molecule has 0 amide bonds. The fraction of sp³-hybridized carbons (Fsp3) is 0.643. The Kier molecular flexibility index (Phi) is 5.02. The molecular formula is C14H21F3N2O. The van der Waals surface area contributed by atoms with Gasteiger partial charge in [-0.15, -0.1) is 0 Å².